The van der Waals surface area contributed by atoms with Crippen LogP contribution in [0.25, 0.3) is 5.69 Å². The first-order valence-electron chi connectivity index (χ1n) is 10.4. The number of benzene rings is 1. The molecule has 0 bridgehead atoms. The Kier molecular flexibility index (Phi) is 5.90. The first-order chi connectivity index (χ1) is 15.2. The van der Waals surface area contributed by atoms with Gasteiger partial charge < -0.3 is 10.2 Å². The lowest BCUT2D eigenvalue weighted by Crippen LogP contribution is -2.42. The number of aromatic nitrogens is 3. The van der Waals surface area contributed by atoms with E-state index in [1.165, 1.54) is 12.3 Å². The van der Waals surface area contributed by atoms with Gasteiger partial charge in [0.05, 0.1) is 28.6 Å². The van der Waals surface area contributed by atoms with Crippen LogP contribution in [-0.2, 0) is 11.0 Å². The Bertz CT molecular complexity index is 1120. The molecule has 4 rings (SSSR count). The number of piperidine rings is 1. The molecule has 0 spiro atoms. The fourth-order valence-corrected chi connectivity index (χ4v) is 4.13. The zero-order valence-corrected chi connectivity index (χ0v) is 17.9. The topological polar surface area (TPSA) is 63.1 Å². The van der Waals surface area contributed by atoms with Crippen molar-refractivity contribution in [1.82, 2.24) is 14.8 Å². The van der Waals surface area contributed by atoms with Gasteiger partial charge in [-0.2, -0.15) is 18.3 Å². The predicted octanol–water partition coefficient (Wildman–Crippen LogP) is 4.76. The molecule has 0 aliphatic carbocycles. The number of hydrogen-bond acceptors (Lipinski definition) is 4. The van der Waals surface area contributed by atoms with Crippen molar-refractivity contribution < 1.29 is 18.0 Å². The molecule has 1 aliphatic rings. The number of nitrogens with one attached hydrogen (secondary N) is 1. The molecule has 1 aliphatic heterocycles. The molecule has 0 radical (unpaired) electrons. The fourth-order valence-electron chi connectivity index (χ4n) is 4.13. The highest BCUT2D eigenvalue weighted by molar-refractivity contribution is 5.95. The molecule has 1 amide bonds. The van der Waals surface area contributed by atoms with E-state index in [0.29, 0.717) is 25.1 Å². The molecular formula is C23H24F3N5O. The second-order valence-corrected chi connectivity index (χ2v) is 8.00. The van der Waals surface area contributed by atoms with Crippen LogP contribution in [0.2, 0.25) is 0 Å². The molecule has 168 valence electrons. The van der Waals surface area contributed by atoms with Crippen LogP contribution in [0.15, 0.2) is 48.7 Å². The van der Waals surface area contributed by atoms with Crippen molar-refractivity contribution in [2.75, 3.05) is 23.3 Å². The maximum Gasteiger partial charge on any atom is 0.419 e. The highest BCUT2D eigenvalue weighted by Gasteiger charge is 2.37. The van der Waals surface area contributed by atoms with E-state index in [4.69, 9.17) is 0 Å². The molecular weight excluding hydrogens is 419 g/mol. The molecule has 1 N–H and O–H groups in total. The summed E-state index contributed by atoms with van der Waals surface area (Å²) in [5.74, 6) is -0.811. The highest BCUT2D eigenvalue weighted by atomic mass is 19.4. The average Bonchev–Trinajstić information content (AvgIpc) is 3.11. The minimum absolute atomic E-state index is 0.124. The van der Waals surface area contributed by atoms with E-state index >= 15 is 0 Å². The van der Waals surface area contributed by atoms with Gasteiger partial charge in [-0.25, -0.2) is 9.67 Å². The number of aryl methyl sites for hydroxylation is 2. The number of carbonyl (C=O) groups is 1. The second-order valence-electron chi connectivity index (χ2n) is 8.00. The summed E-state index contributed by atoms with van der Waals surface area (Å²) in [6.45, 7) is 4.43. The van der Waals surface area contributed by atoms with Crippen LogP contribution in [0.5, 0.6) is 0 Å². The standard InChI is InChI=1S/C23H24F3N5O/c1-15-13-16(2)31(29-15)20-10-4-3-9-19(20)28-22(32)17-7-6-12-30(14-17)21-18(23(24,25)26)8-5-11-27-21/h3-5,8-11,13,17H,6-7,12,14H2,1-2H3,(H,28,32). The van der Waals surface area contributed by atoms with E-state index in [0.717, 1.165) is 23.1 Å². The Morgan fingerprint density at radius 2 is 1.94 bits per heavy atom. The molecule has 1 fully saturated rings. The SMILES string of the molecule is Cc1cc(C)n(-c2ccccc2NC(=O)C2CCCN(c3ncccc3C(F)(F)F)C2)n1. The summed E-state index contributed by atoms with van der Waals surface area (Å²) in [5.41, 5.74) is 2.36. The lowest BCUT2D eigenvalue weighted by atomic mass is 9.96. The summed E-state index contributed by atoms with van der Waals surface area (Å²) in [6.07, 6.45) is -1.96. The first kappa shape index (κ1) is 21.9. The number of para-hydroxylation sites is 2. The van der Waals surface area contributed by atoms with Crippen LogP contribution in [0.3, 0.4) is 0 Å². The largest absolute Gasteiger partial charge is 0.419 e. The number of pyridine rings is 1. The van der Waals surface area contributed by atoms with Gasteiger partial charge in [-0.1, -0.05) is 12.1 Å². The maximum atomic E-state index is 13.4. The Morgan fingerprint density at radius 3 is 2.66 bits per heavy atom. The summed E-state index contributed by atoms with van der Waals surface area (Å²) in [4.78, 5) is 18.6. The number of nitrogens with zero attached hydrogens (tertiary/aromatic N) is 4. The summed E-state index contributed by atoms with van der Waals surface area (Å²) < 4.78 is 42.1. The van der Waals surface area contributed by atoms with Gasteiger partial charge in [-0.3, -0.25) is 4.79 Å². The summed E-state index contributed by atoms with van der Waals surface area (Å²) >= 11 is 0. The summed E-state index contributed by atoms with van der Waals surface area (Å²) in [5, 5.41) is 7.45. The highest BCUT2D eigenvalue weighted by Crippen LogP contribution is 2.36. The van der Waals surface area contributed by atoms with E-state index in [1.54, 1.807) is 15.6 Å². The van der Waals surface area contributed by atoms with Gasteiger partial charge in [0.25, 0.3) is 0 Å². The monoisotopic (exact) mass is 443 g/mol. The number of alkyl halides is 3. The van der Waals surface area contributed by atoms with E-state index in [1.807, 2.05) is 38.1 Å². The zero-order valence-electron chi connectivity index (χ0n) is 17.9. The molecule has 0 saturated carbocycles. The number of halogens is 3. The van der Waals surface area contributed by atoms with Crippen molar-refractivity contribution in [1.29, 1.82) is 0 Å². The van der Waals surface area contributed by atoms with Crippen molar-refractivity contribution in [3.63, 3.8) is 0 Å². The number of rotatable bonds is 4. The van der Waals surface area contributed by atoms with Gasteiger partial charge in [0.2, 0.25) is 5.91 Å². The lowest BCUT2D eigenvalue weighted by molar-refractivity contribution is -0.137. The van der Waals surface area contributed by atoms with Crippen LogP contribution in [0, 0.1) is 19.8 Å². The molecule has 32 heavy (non-hydrogen) atoms. The average molecular weight is 443 g/mol. The fraction of sp³-hybridized carbons (Fsp3) is 0.348. The Hall–Kier alpha value is -3.36. The molecule has 6 nitrogen and oxygen atoms in total. The van der Waals surface area contributed by atoms with E-state index < -0.39 is 17.7 Å². The third-order valence-corrected chi connectivity index (χ3v) is 5.58. The minimum atomic E-state index is -4.50. The lowest BCUT2D eigenvalue weighted by Gasteiger charge is -2.34. The molecule has 2 aromatic heterocycles. The predicted molar refractivity (Wildman–Crippen MR) is 116 cm³/mol. The number of amides is 1. The Labute approximate surface area is 184 Å². The van der Waals surface area contributed by atoms with Gasteiger partial charge in [0.15, 0.2) is 0 Å². The number of carbonyl (C=O) groups excluding carboxylic acids is 1. The molecule has 1 atom stereocenters. The normalized spacial score (nSPS) is 16.8. The van der Waals surface area contributed by atoms with Gasteiger partial charge >= 0.3 is 6.18 Å². The molecule has 3 heterocycles. The van der Waals surface area contributed by atoms with E-state index in [2.05, 4.69) is 15.4 Å². The van der Waals surface area contributed by atoms with Crippen LogP contribution in [0.1, 0.15) is 29.8 Å². The first-order valence-corrected chi connectivity index (χ1v) is 10.4. The van der Waals surface area contributed by atoms with Crippen LogP contribution in [0.4, 0.5) is 24.7 Å². The smallest absolute Gasteiger partial charge is 0.355 e. The maximum absolute atomic E-state index is 13.4. The van der Waals surface area contributed by atoms with Crippen molar-refractivity contribution in [2.45, 2.75) is 32.9 Å². The summed E-state index contributed by atoms with van der Waals surface area (Å²) in [6, 6.07) is 11.6. The van der Waals surface area contributed by atoms with Crippen molar-refractivity contribution >= 4 is 17.4 Å². The molecule has 1 aromatic carbocycles. The molecule has 9 heteroatoms. The third kappa shape index (κ3) is 4.46. The minimum Gasteiger partial charge on any atom is -0.355 e. The zero-order chi connectivity index (χ0) is 22.9. The van der Waals surface area contributed by atoms with Crippen molar-refractivity contribution in [2.24, 2.45) is 5.92 Å². The van der Waals surface area contributed by atoms with Crippen LogP contribution in [-0.4, -0.2) is 33.8 Å². The quantitative estimate of drug-likeness (QED) is 0.632. The Balaban J connectivity index is 1.54. The van der Waals surface area contributed by atoms with Crippen LogP contribution >= 0.6 is 0 Å². The molecule has 1 unspecified atom stereocenters. The molecule has 3 aromatic rings. The molecule has 1 saturated heterocycles. The van der Waals surface area contributed by atoms with Crippen LogP contribution < -0.4 is 10.2 Å². The van der Waals surface area contributed by atoms with E-state index in [-0.39, 0.29) is 18.3 Å². The number of hydrogen-bond donors (Lipinski definition) is 1. The van der Waals surface area contributed by atoms with E-state index in [9.17, 15) is 18.0 Å². The summed E-state index contributed by atoms with van der Waals surface area (Å²) in [7, 11) is 0. The van der Waals surface area contributed by atoms with Gasteiger partial charge in [-0.05, 0) is 57.0 Å². The van der Waals surface area contributed by atoms with Crippen molar-refractivity contribution in [3.05, 3.63) is 65.6 Å². The van der Waals surface area contributed by atoms with Gasteiger partial charge in [0.1, 0.15) is 5.82 Å². The second kappa shape index (κ2) is 8.64. The van der Waals surface area contributed by atoms with Crippen molar-refractivity contribution in [3.8, 4) is 5.69 Å². The third-order valence-electron chi connectivity index (χ3n) is 5.58. The van der Waals surface area contributed by atoms with Gasteiger partial charge in [-0.15, -0.1) is 0 Å². The Morgan fingerprint density at radius 1 is 1.16 bits per heavy atom. The number of anilines is 2. The van der Waals surface area contributed by atoms with Gasteiger partial charge in [0, 0.05) is 25.0 Å².